The van der Waals surface area contributed by atoms with Crippen LogP contribution in [0.2, 0.25) is 0 Å². The molecule has 0 aromatic heterocycles. The molecule has 0 aliphatic heterocycles. The van der Waals surface area contributed by atoms with E-state index in [1.54, 1.807) is 24.3 Å². The minimum absolute atomic E-state index is 0.186. The van der Waals surface area contributed by atoms with Gasteiger partial charge in [-0.3, -0.25) is 0 Å². The number of unbranched alkanes of at least 4 members (excludes halogenated alkanes) is 8. The van der Waals surface area contributed by atoms with Crippen LogP contribution in [0.1, 0.15) is 94.7 Å². The average Bonchev–Trinajstić information content (AvgIpc) is 2.91. The summed E-state index contributed by atoms with van der Waals surface area (Å²) in [5.74, 6) is -3.59. The molecule has 0 spiro atoms. The smallest absolute Gasteiger partial charge is 0.432 e. The average molecular weight is 544 g/mol. The van der Waals surface area contributed by atoms with Gasteiger partial charge in [-0.05, 0) is 67.1 Å². The molecule has 211 valence electrons. The minimum atomic E-state index is -4.26. The van der Waals surface area contributed by atoms with Gasteiger partial charge in [0.1, 0.15) is 22.9 Å². The number of benzene rings is 3. The lowest BCUT2D eigenvalue weighted by Crippen LogP contribution is -2.25. The maximum atomic E-state index is 15.1. The summed E-state index contributed by atoms with van der Waals surface area (Å²) in [4.78, 5) is 0. The molecule has 0 heterocycles. The summed E-state index contributed by atoms with van der Waals surface area (Å²) < 4.78 is 69.7. The summed E-state index contributed by atoms with van der Waals surface area (Å²) in [6, 6.07) is 16.1. The Bertz CT molecular complexity index is 1130. The number of hydrogen-bond donors (Lipinski definition) is 0. The quantitative estimate of drug-likeness (QED) is 0.125. The monoisotopic (exact) mass is 543 g/mol. The standard InChI is InChI=1S/C33H39F4O2/c1-3-5-7-9-11-13-25-15-19-27(20-16-25)38-30-24-23-29(34)31(32(30)35)33(36,37)39-28-21-17-26(18-22-28)14-12-10-8-6-4-2/h15-23H,3-14H2,1-2H3. The summed E-state index contributed by atoms with van der Waals surface area (Å²) in [5, 5.41) is 0. The van der Waals surface area contributed by atoms with Gasteiger partial charge >= 0.3 is 6.11 Å². The Morgan fingerprint density at radius 2 is 1.15 bits per heavy atom. The Hall–Kier alpha value is -3.02. The third kappa shape index (κ3) is 9.59. The first-order valence-corrected chi connectivity index (χ1v) is 14.2. The van der Waals surface area contributed by atoms with Crippen LogP contribution in [-0.4, -0.2) is 0 Å². The highest BCUT2D eigenvalue weighted by Gasteiger charge is 2.42. The molecule has 0 saturated heterocycles. The molecule has 39 heavy (non-hydrogen) atoms. The predicted molar refractivity (Wildman–Crippen MR) is 148 cm³/mol. The molecular weight excluding hydrogens is 504 g/mol. The number of ether oxygens (including phenoxy) is 2. The molecule has 3 rings (SSSR count). The second-order valence-corrected chi connectivity index (χ2v) is 9.99. The molecule has 0 saturated carbocycles. The Morgan fingerprint density at radius 3 is 1.67 bits per heavy atom. The van der Waals surface area contributed by atoms with Crippen LogP contribution in [0.15, 0.2) is 54.6 Å². The fourth-order valence-corrected chi connectivity index (χ4v) is 4.45. The van der Waals surface area contributed by atoms with E-state index in [9.17, 15) is 13.2 Å². The van der Waals surface area contributed by atoms with E-state index in [-0.39, 0.29) is 11.5 Å². The first kappa shape index (κ1) is 30.5. The molecule has 0 aliphatic rings. The maximum absolute atomic E-state index is 15.1. The van der Waals surface area contributed by atoms with Crippen LogP contribution in [0.25, 0.3) is 0 Å². The van der Waals surface area contributed by atoms with Crippen molar-refractivity contribution in [3.8, 4) is 17.2 Å². The molecule has 6 heteroatoms. The Morgan fingerprint density at radius 1 is 0.667 bits per heavy atom. The maximum Gasteiger partial charge on any atom is 0.432 e. The van der Waals surface area contributed by atoms with Crippen molar-refractivity contribution in [2.75, 3.05) is 0 Å². The van der Waals surface area contributed by atoms with E-state index in [0.717, 1.165) is 49.7 Å². The molecule has 0 unspecified atom stereocenters. The zero-order valence-corrected chi connectivity index (χ0v) is 23.0. The number of hydrogen-bond acceptors (Lipinski definition) is 2. The summed E-state index contributed by atoms with van der Waals surface area (Å²) in [6.07, 6.45) is 9.00. The summed E-state index contributed by atoms with van der Waals surface area (Å²) in [6.45, 7) is 4.33. The van der Waals surface area contributed by atoms with E-state index in [1.165, 1.54) is 50.7 Å². The van der Waals surface area contributed by atoms with Gasteiger partial charge in [-0.25, -0.2) is 8.78 Å². The van der Waals surface area contributed by atoms with Crippen molar-refractivity contribution < 1.29 is 27.0 Å². The third-order valence-electron chi connectivity index (χ3n) is 6.73. The van der Waals surface area contributed by atoms with Gasteiger partial charge in [0.25, 0.3) is 0 Å². The molecule has 3 aromatic carbocycles. The summed E-state index contributed by atoms with van der Waals surface area (Å²) >= 11 is 0. The van der Waals surface area contributed by atoms with E-state index < -0.39 is 29.1 Å². The first-order valence-electron chi connectivity index (χ1n) is 14.2. The third-order valence-corrected chi connectivity index (χ3v) is 6.73. The molecule has 0 bridgehead atoms. The van der Waals surface area contributed by atoms with E-state index >= 15 is 4.39 Å². The van der Waals surface area contributed by atoms with E-state index in [1.807, 2.05) is 12.1 Å². The summed E-state index contributed by atoms with van der Waals surface area (Å²) in [7, 11) is 0. The second-order valence-electron chi connectivity index (χ2n) is 9.99. The van der Waals surface area contributed by atoms with Crippen molar-refractivity contribution >= 4 is 0 Å². The van der Waals surface area contributed by atoms with Crippen LogP contribution in [0, 0.1) is 17.7 Å². The fourth-order valence-electron chi connectivity index (χ4n) is 4.45. The van der Waals surface area contributed by atoms with Crippen molar-refractivity contribution in [1.29, 1.82) is 0 Å². The van der Waals surface area contributed by atoms with Crippen molar-refractivity contribution in [3.05, 3.63) is 89.0 Å². The van der Waals surface area contributed by atoms with Gasteiger partial charge in [-0.1, -0.05) is 89.5 Å². The number of rotatable bonds is 17. The lowest BCUT2D eigenvalue weighted by Gasteiger charge is -2.20. The van der Waals surface area contributed by atoms with Crippen molar-refractivity contribution in [2.24, 2.45) is 0 Å². The Kier molecular flexibility index (Phi) is 12.2. The van der Waals surface area contributed by atoms with Gasteiger partial charge in [-0.2, -0.15) is 8.78 Å². The van der Waals surface area contributed by atoms with Crippen LogP contribution >= 0.6 is 0 Å². The van der Waals surface area contributed by atoms with E-state index in [0.29, 0.717) is 6.07 Å². The molecule has 2 nitrogen and oxygen atoms in total. The highest BCUT2D eigenvalue weighted by molar-refractivity contribution is 5.38. The minimum Gasteiger partial charge on any atom is -0.454 e. The predicted octanol–water partition coefficient (Wildman–Crippen LogP) is 10.7. The van der Waals surface area contributed by atoms with Crippen LogP contribution in [0.4, 0.5) is 17.6 Å². The van der Waals surface area contributed by atoms with Crippen LogP contribution in [0.5, 0.6) is 17.2 Å². The number of halogens is 4. The molecule has 1 radical (unpaired) electrons. The molecule has 0 N–H and O–H groups in total. The van der Waals surface area contributed by atoms with Crippen LogP contribution in [-0.2, 0) is 19.0 Å². The van der Waals surface area contributed by atoms with Crippen LogP contribution < -0.4 is 9.47 Å². The first-order chi connectivity index (χ1) is 18.8. The fraction of sp³-hybridized carbons (Fsp3) is 0.455. The largest absolute Gasteiger partial charge is 0.454 e. The molecule has 0 amide bonds. The molecular formula is C33H39F4O2. The second kappa shape index (κ2) is 15.5. The summed E-state index contributed by atoms with van der Waals surface area (Å²) in [5.41, 5.74) is 0.581. The molecule has 0 aliphatic carbocycles. The zero-order valence-electron chi connectivity index (χ0n) is 23.0. The van der Waals surface area contributed by atoms with Gasteiger partial charge in [-0.15, -0.1) is 0 Å². The Balaban J connectivity index is 1.63. The van der Waals surface area contributed by atoms with Crippen molar-refractivity contribution in [1.82, 2.24) is 0 Å². The van der Waals surface area contributed by atoms with Gasteiger partial charge in [0.15, 0.2) is 11.6 Å². The molecule has 0 atom stereocenters. The normalized spacial score (nSPS) is 11.5. The molecule has 3 aromatic rings. The van der Waals surface area contributed by atoms with E-state index in [2.05, 4.69) is 19.9 Å². The highest BCUT2D eigenvalue weighted by atomic mass is 19.3. The highest BCUT2D eigenvalue weighted by Crippen LogP contribution is 2.38. The topological polar surface area (TPSA) is 18.5 Å². The lowest BCUT2D eigenvalue weighted by molar-refractivity contribution is -0.189. The van der Waals surface area contributed by atoms with Gasteiger partial charge in [0.05, 0.1) is 0 Å². The van der Waals surface area contributed by atoms with Gasteiger partial charge in [0, 0.05) is 6.07 Å². The van der Waals surface area contributed by atoms with Gasteiger partial charge in [0.2, 0.25) is 0 Å². The molecule has 0 fully saturated rings. The van der Waals surface area contributed by atoms with Gasteiger partial charge < -0.3 is 9.47 Å². The SMILES string of the molecule is CCCCCCCc1ccc(Oc2[c]cc(F)c(C(F)(F)Oc3ccc(CCCCCCC)cc3)c2F)cc1. The van der Waals surface area contributed by atoms with E-state index in [4.69, 9.17) is 9.47 Å². The zero-order chi connectivity index (χ0) is 28.1. The number of aryl methyl sites for hydroxylation is 2. The lowest BCUT2D eigenvalue weighted by atomic mass is 10.1. The van der Waals surface area contributed by atoms with Crippen molar-refractivity contribution in [3.63, 3.8) is 0 Å². The Labute approximate surface area is 230 Å². The number of alkyl halides is 2. The van der Waals surface area contributed by atoms with Crippen molar-refractivity contribution in [2.45, 2.75) is 97.0 Å². The van der Waals surface area contributed by atoms with Crippen LogP contribution in [0.3, 0.4) is 0 Å².